The Labute approximate surface area is 200 Å². The van der Waals surface area contributed by atoms with Crippen LogP contribution < -0.4 is 15.0 Å². The second-order valence-electron chi connectivity index (χ2n) is 7.16. The minimum Gasteiger partial charge on any atom is -0.490 e. The molecule has 0 saturated heterocycles. The average molecular weight is 519 g/mol. The summed E-state index contributed by atoms with van der Waals surface area (Å²) in [4.78, 5) is 18.0. The van der Waals surface area contributed by atoms with Gasteiger partial charge < -0.3 is 9.47 Å². The molecule has 0 N–H and O–H groups in total. The molecular formula is C24H25BrClN3O3. The molecule has 0 radical (unpaired) electrons. The van der Waals surface area contributed by atoms with E-state index in [1.807, 2.05) is 32.9 Å². The smallest absolute Gasteiger partial charge is 0.282 e. The maximum absolute atomic E-state index is 13.3. The van der Waals surface area contributed by atoms with Crippen LogP contribution in [0.1, 0.15) is 44.5 Å². The van der Waals surface area contributed by atoms with Crippen molar-refractivity contribution in [2.75, 3.05) is 13.2 Å². The Balaban J connectivity index is 2.12. The summed E-state index contributed by atoms with van der Waals surface area (Å²) in [5.74, 6) is 1.59. The van der Waals surface area contributed by atoms with Gasteiger partial charge in [0.15, 0.2) is 11.5 Å². The number of hydrogen-bond acceptors (Lipinski definition) is 5. The van der Waals surface area contributed by atoms with Crippen LogP contribution in [0, 0.1) is 0 Å². The fraction of sp³-hybridized carbons (Fsp3) is 0.292. The standard InChI is InChI=1S/C24H25BrClN3O3/c1-5-10-32-22-19(26)11-16(12-21(22)31-7-3)14-27-29-23(15(4)6-2)28-20-9-8-17(25)13-18(20)24(29)30/h5,8-9,11-15H,1,6-7,10H2,2-4H3/t15-/m1/s1. The molecule has 1 atom stereocenters. The van der Waals surface area contributed by atoms with Crippen LogP contribution in [0.5, 0.6) is 11.5 Å². The van der Waals surface area contributed by atoms with E-state index in [1.54, 1.807) is 30.5 Å². The van der Waals surface area contributed by atoms with Gasteiger partial charge in [0.05, 0.1) is 28.7 Å². The Hall–Kier alpha value is -2.64. The van der Waals surface area contributed by atoms with Crippen molar-refractivity contribution < 1.29 is 9.47 Å². The van der Waals surface area contributed by atoms with E-state index in [2.05, 4.69) is 27.6 Å². The van der Waals surface area contributed by atoms with Crippen molar-refractivity contribution in [1.82, 2.24) is 9.66 Å². The largest absolute Gasteiger partial charge is 0.490 e. The van der Waals surface area contributed by atoms with Crippen molar-refractivity contribution in [3.05, 3.63) is 74.2 Å². The SMILES string of the molecule is C=CCOc1c(Cl)cc(C=Nn2c([C@H](C)CC)nc3ccc(Br)cc3c2=O)cc1OCC. The molecule has 3 rings (SSSR count). The molecule has 32 heavy (non-hydrogen) atoms. The van der Waals surface area contributed by atoms with Crippen LogP contribution >= 0.6 is 27.5 Å². The molecule has 1 heterocycles. The quantitative estimate of drug-likeness (QED) is 0.251. The van der Waals surface area contributed by atoms with Gasteiger partial charge in [0.1, 0.15) is 12.4 Å². The summed E-state index contributed by atoms with van der Waals surface area (Å²) >= 11 is 9.85. The summed E-state index contributed by atoms with van der Waals surface area (Å²) in [6.45, 7) is 10.4. The average Bonchev–Trinajstić information content (AvgIpc) is 2.78. The lowest BCUT2D eigenvalue weighted by atomic mass is 10.1. The summed E-state index contributed by atoms with van der Waals surface area (Å²) in [7, 11) is 0. The number of fused-ring (bicyclic) bond motifs is 1. The third kappa shape index (κ3) is 5.22. The zero-order valence-electron chi connectivity index (χ0n) is 18.3. The van der Waals surface area contributed by atoms with Gasteiger partial charge >= 0.3 is 0 Å². The zero-order chi connectivity index (χ0) is 23.3. The first-order valence-electron chi connectivity index (χ1n) is 10.4. The van der Waals surface area contributed by atoms with Crippen LogP contribution in [0.15, 0.2) is 57.4 Å². The van der Waals surface area contributed by atoms with Gasteiger partial charge in [-0.15, -0.1) is 0 Å². The molecule has 1 aromatic heterocycles. The fourth-order valence-electron chi connectivity index (χ4n) is 3.11. The Morgan fingerprint density at radius 3 is 2.75 bits per heavy atom. The van der Waals surface area contributed by atoms with Crippen LogP contribution in [-0.2, 0) is 0 Å². The summed E-state index contributed by atoms with van der Waals surface area (Å²) in [5, 5.41) is 5.36. The number of nitrogens with zero attached hydrogens (tertiary/aromatic N) is 3. The molecule has 0 aliphatic heterocycles. The van der Waals surface area contributed by atoms with E-state index in [0.717, 1.165) is 10.9 Å². The van der Waals surface area contributed by atoms with Crippen LogP contribution in [-0.4, -0.2) is 29.1 Å². The van der Waals surface area contributed by atoms with E-state index in [4.69, 9.17) is 26.1 Å². The number of ether oxygens (including phenoxy) is 2. The predicted octanol–water partition coefficient (Wildman–Crippen LogP) is 6.17. The highest BCUT2D eigenvalue weighted by molar-refractivity contribution is 9.10. The highest BCUT2D eigenvalue weighted by Gasteiger charge is 2.16. The van der Waals surface area contributed by atoms with Crippen LogP contribution in [0.4, 0.5) is 0 Å². The third-order valence-corrected chi connectivity index (χ3v) is 5.66. The van der Waals surface area contributed by atoms with E-state index in [9.17, 15) is 4.79 Å². The lowest BCUT2D eigenvalue weighted by Gasteiger charge is -2.15. The lowest BCUT2D eigenvalue weighted by molar-refractivity contribution is 0.297. The summed E-state index contributed by atoms with van der Waals surface area (Å²) in [6, 6.07) is 8.95. The summed E-state index contributed by atoms with van der Waals surface area (Å²) in [6.07, 6.45) is 4.03. The molecule has 0 spiro atoms. The monoisotopic (exact) mass is 517 g/mol. The van der Waals surface area contributed by atoms with E-state index < -0.39 is 0 Å². The maximum Gasteiger partial charge on any atom is 0.282 e. The Morgan fingerprint density at radius 2 is 2.06 bits per heavy atom. The van der Waals surface area contributed by atoms with Crippen molar-refractivity contribution in [3.8, 4) is 11.5 Å². The highest BCUT2D eigenvalue weighted by Crippen LogP contribution is 2.36. The highest BCUT2D eigenvalue weighted by atomic mass is 79.9. The second-order valence-corrected chi connectivity index (χ2v) is 8.49. The van der Waals surface area contributed by atoms with Crippen molar-refractivity contribution in [3.63, 3.8) is 0 Å². The van der Waals surface area contributed by atoms with Crippen LogP contribution in [0.3, 0.4) is 0 Å². The Bertz CT molecular complexity index is 1220. The second kappa shape index (κ2) is 10.8. The first-order valence-corrected chi connectivity index (χ1v) is 11.5. The molecule has 168 valence electrons. The van der Waals surface area contributed by atoms with Crippen molar-refractivity contribution in [2.45, 2.75) is 33.1 Å². The van der Waals surface area contributed by atoms with Crippen LogP contribution in [0.25, 0.3) is 10.9 Å². The summed E-state index contributed by atoms with van der Waals surface area (Å²) in [5.41, 5.74) is 1.08. The van der Waals surface area contributed by atoms with Gasteiger partial charge in [0.25, 0.3) is 5.56 Å². The molecule has 8 heteroatoms. The molecule has 6 nitrogen and oxygen atoms in total. The number of benzene rings is 2. The van der Waals surface area contributed by atoms with Gasteiger partial charge in [-0.1, -0.05) is 54.0 Å². The number of hydrogen-bond donors (Lipinski definition) is 0. The first-order chi connectivity index (χ1) is 15.4. The van der Waals surface area contributed by atoms with E-state index in [1.165, 1.54) is 4.68 Å². The molecule has 0 aliphatic rings. The topological polar surface area (TPSA) is 65.7 Å². The molecule has 2 aromatic carbocycles. The van der Waals surface area contributed by atoms with Crippen LogP contribution in [0.2, 0.25) is 5.02 Å². The van der Waals surface area contributed by atoms with E-state index in [-0.39, 0.29) is 11.5 Å². The lowest BCUT2D eigenvalue weighted by Crippen LogP contribution is -2.23. The van der Waals surface area contributed by atoms with Gasteiger partial charge in [-0.25, -0.2) is 4.98 Å². The first kappa shape index (κ1) is 24.0. The molecule has 0 fully saturated rings. The van der Waals surface area contributed by atoms with Gasteiger partial charge in [0.2, 0.25) is 0 Å². The van der Waals surface area contributed by atoms with Crippen molar-refractivity contribution in [2.24, 2.45) is 5.10 Å². The number of aromatic nitrogens is 2. The van der Waals surface area contributed by atoms with Gasteiger partial charge in [0, 0.05) is 10.4 Å². The Kier molecular flexibility index (Phi) is 8.10. The Morgan fingerprint density at radius 1 is 1.28 bits per heavy atom. The molecule has 0 aliphatic carbocycles. The molecule has 0 unspecified atom stereocenters. The van der Waals surface area contributed by atoms with Gasteiger partial charge in [-0.05, 0) is 49.2 Å². The predicted molar refractivity (Wildman–Crippen MR) is 134 cm³/mol. The van der Waals surface area contributed by atoms with E-state index in [0.29, 0.717) is 52.0 Å². The number of halogens is 2. The van der Waals surface area contributed by atoms with Gasteiger partial charge in [-0.3, -0.25) is 4.79 Å². The molecule has 0 bridgehead atoms. The van der Waals surface area contributed by atoms with E-state index >= 15 is 0 Å². The molecule has 3 aromatic rings. The normalized spacial score (nSPS) is 12.3. The number of rotatable bonds is 9. The minimum atomic E-state index is -0.232. The fourth-order valence-corrected chi connectivity index (χ4v) is 3.75. The van der Waals surface area contributed by atoms with Crippen molar-refractivity contribution in [1.29, 1.82) is 0 Å². The zero-order valence-corrected chi connectivity index (χ0v) is 20.6. The molecular weight excluding hydrogens is 494 g/mol. The van der Waals surface area contributed by atoms with Gasteiger partial charge in [-0.2, -0.15) is 9.78 Å². The summed E-state index contributed by atoms with van der Waals surface area (Å²) < 4.78 is 13.5. The van der Waals surface area contributed by atoms with Crippen molar-refractivity contribution >= 4 is 44.6 Å². The maximum atomic E-state index is 13.3. The third-order valence-electron chi connectivity index (χ3n) is 4.89. The molecule has 0 saturated carbocycles. The minimum absolute atomic E-state index is 0.0464. The molecule has 0 amide bonds.